The van der Waals surface area contributed by atoms with Gasteiger partial charge in [0.15, 0.2) is 5.78 Å². The van der Waals surface area contributed by atoms with Crippen LogP contribution in [0.4, 0.5) is 0 Å². The summed E-state index contributed by atoms with van der Waals surface area (Å²) in [7, 11) is 0. The molecule has 0 bridgehead atoms. The van der Waals surface area contributed by atoms with E-state index in [2.05, 4.69) is 0 Å². The minimum absolute atomic E-state index is 0.236. The maximum atomic E-state index is 11.7. The first-order valence-electron chi connectivity index (χ1n) is 6.59. The third-order valence-electron chi connectivity index (χ3n) is 3.60. The van der Waals surface area contributed by atoms with Crippen LogP contribution in [0.5, 0.6) is 0 Å². The lowest BCUT2D eigenvalue weighted by atomic mass is 9.72. The number of aliphatic hydroxyl groups excluding tert-OH is 1. The van der Waals surface area contributed by atoms with Gasteiger partial charge >= 0.3 is 0 Å². The zero-order valence-corrected chi connectivity index (χ0v) is 12.4. The van der Waals surface area contributed by atoms with E-state index in [-0.39, 0.29) is 23.0 Å². The van der Waals surface area contributed by atoms with Crippen LogP contribution in [0, 0.1) is 16.7 Å². The standard InChI is InChI=1S/C14H25NO4/c1-13(2,3)10(11(15)17)9-7-14(4,5)6-8(16)12(18)19-9/h9-10,12,18H,6-7H2,1-5H3,(H2,15,17)/t9?,10-,12+/m1/s1. The van der Waals surface area contributed by atoms with Crippen molar-refractivity contribution < 1.29 is 19.4 Å². The van der Waals surface area contributed by atoms with Crippen molar-refractivity contribution in [1.82, 2.24) is 0 Å². The van der Waals surface area contributed by atoms with Crippen LogP contribution in [0.25, 0.3) is 0 Å². The molecule has 1 unspecified atom stereocenters. The smallest absolute Gasteiger partial charge is 0.223 e. The molecule has 1 amide bonds. The maximum absolute atomic E-state index is 11.7. The van der Waals surface area contributed by atoms with E-state index in [1.54, 1.807) is 0 Å². The number of primary amides is 1. The Hall–Kier alpha value is -0.940. The van der Waals surface area contributed by atoms with E-state index >= 15 is 0 Å². The van der Waals surface area contributed by atoms with Crippen LogP contribution in [-0.4, -0.2) is 29.2 Å². The van der Waals surface area contributed by atoms with E-state index in [0.29, 0.717) is 6.42 Å². The molecular weight excluding hydrogens is 246 g/mol. The van der Waals surface area contributed by atoms with E-state index in [4.69, 9.17) is 10.5 Å². The van der Waals surface area contributed by atoms with Gasteiger partial charge in [-0.1, -0.05) is 34.6 Å². The summed E-state index contributed by atoms with van der Waals surface area (Å²) < 4.78 is 5.41. The van der Waals surface area contributed by atoms with Crippen LogP contribution < -0.4 is 5.73 Å². The lowest BCUT2D eigenvalue weighted by Crippen LogP contribution is -2.45. The van der Waals surface area contributed by atoms with E-state index in [1.807, 2.05) is 34.6 Å². The fourth-order valence-corrected chi connectivity index (χ4v) is 2.83. The minimum Gasteiger partial charge on any atom is -0.369 e. The molecule has 5 heteroatoms. The van der Waals surface area contributed by atoms with E-state index in [0.717, 1.165) is 0 Å². The normalized spacial score (nSPS) is 29.7. The summed E-state index contributed by atoms with van der Waals surface area (Å²) >= 11 is 0. The second-order valence-electron chi connectivity index (χ2n) is 7.28. The van der Waals surface area contributed by atoms with Crippen molar-refractivity contribution in [3.63, 3.8) is 0 Å². The van der Waals surface area contributed by atoms with Crippen molar-refractivity contribution in [2.75, 3.05) is 0 Å². The van der Waals surface area contributed by atoms with Crippen molar-refractivity contribution in [3.05, 3.63) is 0 Å². The summed E-state index contributed by atoms with van der Waals surface area (Å²) in [5.41, 5.74) is 4.78. The summed E-state index contributed by atoms with van der Waals surface area (Å²) in [5, 5.41) is 9.73. The summed E-state index contributed by atoms with van der Waals surface area (Å²) in [6, 6.07) is 0. The van der Waals surface area contributed by atoms with Crippen molar-refractivity contribution in [3.8, 4) is 0 Å². The Kier molecular flexibility index (Phi) is 4.42. The quantitative estimate of drug-likeness (QED) is 0.790. The summed E-state index contributed by atoms with van der Waals surface area (Å²) in [4.78, 5) is 23.5. The fraction of sp³-hybridized carbons (Fsp3) is 0.857. The first kappa shape index (κ1) is 16.1. The highest BCUT2D eigenvalue weighted by molar-refractivity contribution is 5.83. The van der Waals surface area contributed by atoms with E-state index in [1.165, 1.54) is 0 Å². The molecule has 19 heavy (non-hydrogen) atoms. The average molecular weight is 271 g/mol. The number of rotatable bonds is 2. The van der Waals surface area contributed by atoms with Gasteiger partial charge in [0, 0.05) is 6.42 Å². The zero-order chi connectivity index (χ0) is 15.0. The second-order valence-corrected chi connectivity index (χ2v) is 7.28. The highest BCUT2D eigenvalue weighted by atomic mass is 16.6. The van der Waals surface area contributed by atoms with Crippen LogP contribution in [0.3, 0.4) is 0 Å². The minimum atomic E-state index is -1.46. The molecule has 3 atom stereocenters. The number of aliphatic hydroxyl groups is 1. The van der Waals surface area contributed by atoms with Crippen molar-refractivity contribution in [1.29, 1.82) is 0 Å². The second kappa shape index (κ2) is 5.21. The number of carbonyl (C=O) groups is 2. The molecule has 0 spiro atoms. The molecule has 1 aliphatic rings. The number of ether oxygens (including phenoxy) is 1. The molecule has 0 radical (unpaired) electrons. The molecule has 5 nitrogen and oxygen atoms in total. The monoisotopic (exact) mass is 271 g/mol. The zero-order valence-electron chi connectivity index (χ0n) is 12.4. The number of hydrogen-bond donors (Lipinski definition) is 2. The summed E-state index contributed by atoms with van der Waals surface area (Å²) in [6.07, 6.45) is -1.26. The first-order chi connectivity index (χ1) is 8.44. The van der Waals surface area contributed by atoms with Gasteiger partial charge in [0.2, 0.25) is 12.2 Å². The molecule has 1 fully saturated rings. The van der Waals surface area contributed by atoms with Crippen molar-refractivity contribution >= 4 is 11.7 Å². The van der Waals surface area contributed by atoms with Crippen LogP contribution in [-0.2, 0) is 14.3 Å². The Morgan fingerprint density at radius 3 is 2.42 bits per heavy atom. The summed E-state index contributed by atoms with van der Waals surface area (Å²) in [6.45, 7) is 9.56. The topological polar surface area (TPSA) is 89.6 Å². The van der Waals surface area contributed by atoms with Crippen LogP contribution in [0.1, 0.15) is 47.5 Å². The largest absolute Gasteiger partial charge is 0.369 e. The van der Waals surface area contributed by atoms with Gasteiger partial charge in [-0.25, -0.2) is 0 Å². The highest BCUT2D eigenvalue weighted by Crippen LogP contribution is 2.40. The Balaban J connectivity index is 3.08. The van der Waals surface area contributed by atoms with Gasteiger partial charge in [0.05, 0.1) is 12.0 Å². The van der Waals surface area contributed by atoms with Crippen molar-refractivity contribution in [2.24, 2.45) is 22.5 Å². The summed E-state index contributed by atoms with van der Waals surface area (Å²) in [5.74, 6) is -1.35. The number of carbonyl (C=O) groups excluding carboxylic acids is 2. The highest BCUT2D eigenvalue weighted by Gasteiger charge is 2.44. The molecule has 0 saturated carbocycles. The Morgan fingerprint density at radius 2 is 2.00 bits per heavy atom. The predicted octanol–water partition coefficient (Wildman–Crippen LogP) is 1.23. The fourth-order valence-electron chi connectivity index (χ4n) is 2.83. The molecule has 0 aliphatic carbocycles. The van der Waals surface area contributed by atoms with Gasteiger partial charge in [-0.2, -0.15) is 0 Å². The van der Waals surface area contributed by atoms with Crippen LogP contribution in [0.2, 0.25) is 0 Å². The van der Waals surface area contributed by atoms with Gasteiger partial charge in [-0.05, 0) is 17.3 Å². The number of Topliss-reactive ketones (excluding diaryl/α,β-unsaturated/α-hetero) is 1. The SMILES string of the molecule is CC1(C)CC(=O)[C@@H](O)OC([C@H](C(N)=O)C(C)(C)C)C1. The lowest BCUT2D eigenvalue weighted by Gasteiger charge is -2.36. The van der Waals surface area contributed by atoms with E-state index in [9.17, 15) is 14.7 Å². The molecule has 0 aromatic carbocycles. The molecule has 1 rings (SSSR count). The molecule has 1 heterocycles. The molecule has 0 aromatic rings. The molecule has 3 N–H and O–H groups in total. The average Bonchev–Trinajstić information content (AvgIpc) is 2.19. The van der Waals surface area contributed by atoms with E-state index < -0.39 is 24.2 Å². The molecule has 1 aliphatic heterocycles. The maximum Gasteiger partial charge on any atom is 0.223 e. The predicted molar refractivity (Wildman–Crippen MR) is 71.0 cm³/mol. The van der Waals surface area contributed by atoms with Gasteiger partial charge in [-0.15, -0.1) is 0 Å². The molecule has 0 aromatic heterocycles. The Labute approximate surface area is 114 Å². The van der Waals surface area contributed by atoms with Gasteiger partial charge < -0.3 is 15.6 Å². The molecule has 110 valence electrons. The first-order valence-corrected chi connectivity index (χ1v) is 6.59. The van der Waals surface area contributed by atoms with Gasteiger partial charge in [-0.3, -0.25) is 9.59 Å². The number of nitrogens with two attached hydrogens (primary N) is 1. The van der Waals surface area contributed by atoms with Gasteiger partial charge in [0.1, 0.15) is 0 Å². The number of amides is 1. The Bertz CT molecular complexity index is 370. The Morgan fingerprint density at radius 1 is 1.47 bits per heavy atom. The van der Waals surface area contributed by atoms with Gasteiger partial charge in [0.25, 0.3) is 0 Å². The van der Waals surface area contributed by atoms with Crippen molar-refractivity contribution in [2.45, 2.75) is 59.9 Å². The van der Waals surface area contributed by atoms with Crippen LogP contribution in [0.15, 0.2) is 0 Å². The van der Waals surface area contributed by atoms with Crippen LogP contribution >= 0.6 is 0 Å². The number of hydrogen-bond acceptors (Lipinski definition) is 4. The molecular formula is C14H25NO4. The molecule has 1 saturated heterocycles. The third-order valence-corrected chi connectivity index (χ3v) is 3.60. The third kappa shape index (κ3) is 4.01. The number of ketones is 1. The lowest BCUT2D eigenvalue weighted by molar-refractivity contribution is -0.177.